The van der Waals surface area contributed by atoms with E-state index >= 15 is 0 Å². The van der Waals surface area contributed by atoms with E-state index in [0.717, 1.165) is 6.42 Å². The maximum Gasteiger partial charge on any atom is 0.225 e. The van der Waals surface area contributed by atoms with Crippen molar-refractivity contribution in [3.63, 3.8) is 0 Å². The molecule has 5 heteroatoms. The summed E-state index contributed by atoms with van der Waals surface area (Å²) in [6.07, 6.45) is 1.18. The Morgan fingerprint density at radius 1 is 1.56 bits per heavy atom. The lowest BCUT2D eigenvalue weighted by molar-refractivity contribution is -0.129. The second-order valence-electron chi connectivity index (χ2n) is 5.46. The summed E-state index contributed by atoms with van der Waals surface area (Å²) in [5, 5.41) is 3.00. The largest absolute Gasteiger partial charge is 0.383 e. The van der Waals surface area contributed by atoms with Crippen LogP contribution in [0.5, 0.6) is 0 Å². The van der Waals surface area contributed by atoms with Crippen molar-refractivity contribution >= 4 is 11.8 Å². The minimum absolute atomic E-state index is 0.0184. The van der Waals surface area contributed by atoms with Crippen molar-refractivity contribution in [2.24, 2.45) is 5.92 Å². The van der Waals surface area contributed by atoms with E-state index in [1.54, 1.807) is 12.0 Å². The number of ether oxygens (including phenoxy) is 1. The average Bonchev–Trinajstić information content (AvgIpc) is 2.68. The van der Waals surface area contributed by atoms with Gasteiger partial charge in [0.25, 0.3) is 0 Å². The van der Waals surface area contributed by atoms with E-state index in [-0.39, 0.29) is 23.3 Å². The van der Waals surface area contributed by atoms with Crippen molar-refractivity contribution in [1.29, 1.82) is 0 Å². The second kappa shape index (κ2) is 6.18. The molecule has 1 fully saturated rings. The van der Waals surface area contributed by atoms with Gasteiger partial charge in [-0.25, -0.2) is 0 Å². The number of nitrogens with one attached hydrogen (secondary N) is 1. The third kappa shape index (κ3) is 3.98. The monoisotopic (exact) mass is 256 g/mol. The van der Waals surface area contributed by atoms with Crippen molar-refractivity contribution in [2.75, 3.05) is 26.8 Å². The van der Waals surface area contributed by atoms with Gasteiger partial charge in [-0.1, -0.05) is 6.92 Å². The quantitative estimate of drug-likeness (QED) is 0.764. The fourth-order valence-electron chi connectivity index (χ4n) is 1.89. The number of hydrogen-bond acceptors (Lipinski definition) is 3. The topological polar surface area (TPSA) is 58.6 Å². The molecule has 0 spiro atoms. The molecule has 1 aliphatic heterocycles. The van der Waals surface area contributed by atoms with Crippen molar-refractivity contribution in [3.05, 3.63) is 0 Å². The minimum atomic E-state index is -0.222. The standard InChI is InChI=1S/C13H24N2O3/c1-5-13(2,3)14-12(17)10-8-11(16)15(9-10)6-7-18-4/h10H,5-9H2,1-4H3,(H,14,17). The molecule has 0 aliphatic carbocycles. The van der Waals surface area contributed by atoms with Gasteiger partial charge < -0.3 is 15.0 Å². The van der Waals surface area contributed by atoms with Gasteiger partial charge in [0.2, 0.25) is 11.8 Å². The van der Waals surface area contributed by atoms with E-state index < -0.39 is 0 Å². The highest BCUT2D eigenvalue weighted by atomic mass is 16.5. The van der Waals surface area contributed by atoms with Crippen LogP contribution in [0.2, 0.25) is 0 Å². The summed E-state index contributed by atoms with van der Waals surface area (Å²) in [6.45, 7) is 7.60. The normalized spacial score (nSPS) is 20.3. The number of hydrogen-bond donors (Lipinski definition) is 1. The highest BCUT2D eigenvalue weighted by molar-refractivity contribution is 5.89. The molecule has 1 N–H and O–H groups in total. The Balaban J connectivity index is 2.49. The summed E-state index contributed by atoms with van der Waals surface area (Å²) in [4.78, 5) is 25.5. The second-order valence-corrected chi connectivity index (χ2v) is 5.46. The zero-order valence-electron chi connectivity index (χ0n) is 11.8. The van der Waals surface area contributed by atoms with Crippen LogP contribution in [-0.2, 0) is 14.3 Å². The van der Waals surface area contributed by atoms with E-state index in [9.17, 15) is 9.59 Å². The van der Waals surface area contributed by atoms with Crippen LogP contribution in [0, 0.1) is 5.92 Å². The van der Waals surface area contributed by atoms with Gasteiger partial charge in [-0.05, 0) is 20.3 Å². The van der Waals surface area contributed by atoms with Gasteiger partial charge in [0.05, 0.1) is 12.5 Å². The summed E-state index contributed by atoms with van der Waals surface area (Å²) in [7, 11) is 1.61. The van der Waals surface area contributed by atoms with Gasteiger partial charge in [0.15, 0.2) is 0 Å². The molecule has 18 heavy (non-hydrogen) atoms. The first-order valence-electron chi connectivity index (χ1n) is 6.48. The van der Waals surface area contributed by atoms with Crippen molar-refractivity contribution < 1.29 is 14.3 Å². The number of likely N-dealkylation sites (tertiary alicyclic amines) is 1. The Labute approximate surface area is 109 Å². The summed E-state index contributed by atoms with van der Waals surface area (Å²) >= 11 is 0. The lowest BCUT2D eigenvalue weighted by atomic mass is 9.99. The van der Waals surface area contributed by atoms with Crippen LogP contribution < -0.4 is 5.32 Å². The van der Waals surface area contributed by atoms with Gasteiger partial charge in [-0.15, -0.1) is 0 Å². The molecule has 1 saturated heterocycles. The van der Waals surface area contributed by atoms with Crippen LogP contribution in [0.1, 0.15) is 33.6 Å². The number of nitrogens with zero attached hydrogens (tertiary/aromatic N) is 1. The Morgan fingerprint density at radius 3 is 2.78 bits per heavy atom. The third-order valence-corrected chi connectivity index (χ3v) is 3.50. The predicted molar refractivity (Wildman–Crippen MR) is 69.1 cm³/mol. The molecular formula is C13H24N2O3. The van der Waals surface area contributed by atoms with Crippen LogP contribution in [0.15, 0.2) is 0 Å². The first-order valence-corrected chi connectivity index (χ1v) is 6.48. The molecule has 1 atom stereocenters. The van der Waals surface area contributed by atoms with E-state index in [1.807, 2.05) is 20.8 Å². The Hall–Kier alpha value is -1.10. The van der Waals surface area contributed by atoms with E-state index in [1.165, 1.54) is 0 Å². The summed E-state index contributed by atoms with van der Waals surface area (Å²) in [5.74, 6) is -0.197. The van der Waals surface area contributed by atoms with E-state index in [4.69, 9.17) is 4.74 Å². The lowest BCUT2D eigenvalue weighted by Crippen LogP contribution is -2.46. The molecule has 0 bridgehead atoms. The minimum Gasteiger partial charge on any atom is -0.383 e. The first kappa shape index (κ1) is 15.0. The predicted octanol–water partition coefficient (Wildman–Crippen LogP) is 0.786. The Bertz CT molecular complexity index is 315. The molecule has 0 aromatic carbocycles. The molecule has 0 radical (unpaired) electrons. The van der Waals surface area contributed by atoms with Crippen molar-refractivity contribution in [3.8, 4) is 0 Å². The number of methoxy groups -OCH3 is 1. The molecule has 0 aromatic rings. The molecule has 1 rings (SSSR count). The molecule has 104 valence electrons. The highest BCUT2D eigenvalue weighted by Crippen LogP contribution is 2.19. The fraction of sp³-hybridized carbons (Fsp3) is 0.846. The van der Waals surface area contributed by atoms with Gasteiger partial charge in [0, 0.05) is 32.2 Å². The van der Waals surface area contributed by atoms with Crippen LogP contribution in [0.3, 0.4) is 0 Å². The van der Waals surface area contributed by atoms with Crippen molar-refractivity contribution in [2.45, 2.75) is 39.2 Å². The van der Waals surface area contributed by atoms with E-state index in [2.05, 4.69) is 5.32 Å². The molecule has 1 heterocycles. The maximum absolute atomic E-state index is 12.1. The molecular weight excluding hydrogens is 232 g/mol. The van der Waals surface area contributed by atoms with Gasteiger partial charge >= 0.3 is 0 Å². The van der Waals surface area contributed by atoms with Crippen LogP contribution >= 0.6 is 0 Å². The summed E-state index contributed by atoms with van der Waals surface area (Å²) < 4.78 is 4.95. The number of rotatable bonds is 6. The molecule has 2 amide bonds. The molecule has 0 saturated carbocycles. The zero-order valence-corrected chi connectivity index (χ0v) is 11.8. The highest BCUT2D eigenvalue weighted by Gasteiger charge is 2.35. The average molecular weight is 256 g/mol. The van der Waals surface area contributed by atoms with Crippen LogP contribution in [-0.4, -0.2) is 49.1 Å². The van der Waals surface area contributed by atoms with E-state index in [0.29, 0.717) is 26.1 Å². The SMILES string of the molecule is CCC(C)(C)NC(=O)C1CC(=O)N(CCOC)C1. The Kier molecular flexibility index (Phi) is 5.14. The molecule has 1 aliphatic rings. The van der Waals surface area contributed by atoms with Crippen molar-refractivity contribution in [1.82, 2.24) is 10.2 Å². The third-order valence-electron chi connectivity index (χ3n) is 3.50. The number of amides is 2. The maximum atomic E-state index is 12.1. The first-order chi connectivity index (χ1) is 8.39. The van der Waals surface area contributed by atoms with Crippen LogP contribution in [0.25, 0.3) is 0 Å². The fourth-order valence-corrected chi connectivity index (χ4v) is 1.89. The summed E-state index contributed by atoms with van der Waals surface area (Å²) in [5.41, 5.74) is -0.208. The lowest BCUT2D eigenvalue weighted by Gasteiger charge is -2.26. The zero-order chi connectivity index (χ0) is 13.8. The summed E-state index contributed by atoms with van der Waals surface area (Å²) in [6, 6.07) is 0. The molecule has 0 aromatic heterocycles. The smallest absolute Gasteiger partial charge is 0.225 e. The number of carbonyl (C=O) groups is 2. The van der Waals surface area contributed by atoms with Gasteiger partial charge in [0.1, 0.15) is 0 Å². The van der Waals surface area contributed by atoms with Gasteiger partial charge in [-0.2, -0.15) is 0 Å². The molecule has 1 unspecified atom stereocenters. The molecule has 5 nitrogen and oxygen atoms in total. The van der Waals surface area contributed by atoms with Gasteiger partial charge in [-0.3, -0.25) is 9.59 Å². The number of carbonyl (C=O) groups excluding carboxylic acids is 2. The van der Waals surface area contributed by atoms with Crippen LogP contribution in [0.4, 0.5) is 0 Å². The Morgan fingerprint density at radius 2 is 2.22 bits per heavy atom.